The van der Waals surface area contributed by atoms with Crippen LogP contribution in [0.15, 0.2) is 48.5 Å². The van der Waals surface area contributed by atoms with E-state index in [1.165, 1.54) is 16.0 Å². The molecular weight excluding hydrogens is 400 g/mol. The Bertz CT molecular complexity index is 731. The van der Waals surface area contributed by atoms with Gasteiger partial charge in [0.1, 0.15) is 57.7 Å². The lowest BCUT2D eigenvalue weighted by Gasteiger charge is -2.30. The Kier molecular flexibility index (Phi) is 9.43. The molecular formula is C24H35ClN2O3+2. The maximum absolute atomic E-state index is 10.3. The van der Waals surface area contributed by atoms with E-state index < -0.39 is 6.10 Å². The molecule has 1 fully saturated rings. The van der Waals surface area contributed by atoms with E-state index in [1.54, 1.807) is 4.90 Å². The number of aliphatic hydroxyl groups is 1. The molecule has 30 heavy (non-hydrogen) atoms. The van der Waals surface area contributed by atoms with Gasteiger partial charge in [-0.25, -0.2) is 0 Å². The fraction of sp³-hybridized carbons (Fsp3) is 0.500. The van der Waals surface area contributed by atoms with Crippen LogP contribution < -0.4 is 14.5 Å². The molecule has 0 radical (unpaired) electrons. The molecule has 1 aliphatic rings. The van der Waals surface area contributed by atoms with Gasteiger partial charge in [-0.05, 0) is 36.2 Å². The van der Waals surface area contributed by atoms with Gasteiger partial charge < -0.3 is 24.4 Å². The van der Waals surface area contributed by atoms with Gasteiger partial charge in [0.25, 0.3) is 0 Å². The van der Waals surface area contributed by atoms with Crippen LogP contribution in [-0.4, -0.2) is 63.8 Å². The summed E-state index contributed by atoms with van der Waals surface area (Å²) < 4.78 is 11.3. The molecule has 0 unspecified atom stereocenters. The summed E-state index contributed by atoms with van der Waals surface area (Å²) in [7, 11) is 0. The summed E-state index contributed by atoms with van der Waals surface area (Å²) in [5.74, 6) is 0.861. The second kappa shape index (κ2) is 12.3. The summed E-state index contributed by atoms with van der Waals surface area (Å²) in [6.45, 7) is 9.67. The Hall–Kier alpha value is -1.63. The Morgan fingerprint density at radius 3 is 2.20 bits per heavy atom. The fourth-order valence-corrected chi connectivity index (χ4v) is 4.01. The first-order chi connectivity index (χ1) is 14.6. The first kappa shape index (κ1) is 23.0. The number of rotatable bonds is 11. The minimum Gasteiger partial charge on any atom is -0.491 e. The topological polar surface area (TPSA) is 47.6 Å². The van der Waals surface area contributed by atoms with Crippen molar-refractivity contribution in [2.45, 2.75) is 26.0 Å². The van der Waals surface area contributed by atoms with Crippen molar-refractivity contribution >= 4 is 11.6 Å². The van der Waals surface area contributed by atoms with Crippen molar-refractivity contribution in [3.05, 3.63) is 64.7 Å². The number of quaternary nitrogens is 2. The normalized spacial score (nSPS) is 20.1. The minimum atomic E-state index is -0.429. The van der Waals surface area contributed by atoms with Crippen molar-refractivity contribution in [1.29, 1.82) is 0 Å². The summed E-state index contributed by atoms with van der Waals surface area (Å²) >= 11 is 5.96. The number of aryl methyl sites for hydroxylation is 1. The molecule has 0 amide bonds. The van der Waals surface area contributed by atoms with Crippen LogP contribution in [0.4, 0.5) is 0 Å². The van der Waals surface area contributed by atoms with Crippen molar-refractivity contribution in [1.82, 2.24) is 0 Å². The van der Waals surface area contributed by atoms with Crippen molar-refractivity contribution in [2.75, 3.05) is 52.5 Å². The molecule has 1 aliphatic heterocycles. The van der Waals surface area contributed by atoms with E-state index in [0.29, 0.717) is 19.8 Å². The molecule has 0 bridgehead atoms. The van der Waals surface area contributed by atoms with Crippen LogP contribution in [0.3, 0.4) is 0 Å². The van der Waals surface area contributed by atoms with Gasteiger partial charge in [0, 0.05) is 10.6 Å². The van der Waals surface area contributed by atoms with Gasteiger partial charge in [0.2, 0.25) is 0 Å². The zero-order valence-electron chi connectivity index (χ0n) is 17.9. The Morgan fingerprint density at radius 1 is 0.900 bits per heavy atom. The smallest absolute Gasteiger partial charge is 0.127 e. The SMILES string of the molecule is CCc1ccc(OCCOC[C@@H](O)C[NH+]2CC[NH+](Cc3ccc(Cl)cc3)CC2)cc1. The number of nitrogens with one attached hydrogen (secondary N) is 2. The van der Waals surface area contributed by atoms with E-state index in [4.69, 9.17) is 21.1 Å². The first-order valence-electron chi connectivity index (χ1n) is 11.0. The van der Waals surface area contributed by atoms with E-state index in [1.807, 2.05) is 24.3 Å². The van der Waals surface area contributed by atoms with E-state index >= 15 is 0 Å². The van der Waals surface area contributed by atoms with Gasteiger partial charge in [0.15, 0.2) is 0 Å². The minimum absolute atomic E-state index is 0.364. The average molecular weight is 435 g/mol. The zero-order valence-corrected chi connectivity index (χ0v) is 18.7. The maximum atomic E-state index is 10.3. The van der Waals surface area contributed by atoms with Crippen LogP contribution in [0.25, 0.3) is 0 Å². The summed E-state index contributed by atoms with van der Waals surface area (Å²) in [6, 6.07) is 16.3. The quantitative estimate of drug-likeness (QED) is 0.455. The monoisotopic (exact) mass is 434 g/mol. The predicted octanol–water partition coefficient (Wildman–Crippen LogP) is 0.642. The zero-order chi connectivity index (χ0) is 21.2. The molecule has 3 N–H and O–H groups in total. The Labute approximate surface area is 185 Å². The maximum Gasteiger partial charge on any atom is 0.127 e. The number of ether oxygens (including phenoxy) is 2. The number of halogens is 1. The molecule has 3 rings (SSSR count). The van der Waals surface area contributed by atoms with Crippen molar-refractivity contribution in [2.24, 2.45) is 0 Å². The lowest BCUT2D eigenvalue weighted by Crippen LogP contribution is -3.28. The van der Waals surface area contributed by atoms with Crippen LogP contribution in [0.5, 0.6) is 5.75 Å². The number of benzene rings is 2. The van der Waals surface area contributed by atoms with Crippen LogP contribution in [0.2, 0.25) is 5.02 Å². The highest BCUT2D eigenvalue weighted by atomic mass is 35.5. The number of hydrogen-bond acceptors (Lipinski definition) is 3. The number of aliphatic hydroxyl groups excluding tert-OH is 1. The average Bonchev–Trinajstić information content (AvgIpc) is 2.77. The molecule has 0 aliphatic carbocycles. The molecule has 2 aromatic rings. The lowest BCUT2D eigenvalue weighted by molar-refractivity contribution is -1.02. The van der Waals surface area contributed by atoms with E-state index in [0.717, 1.165) is 56.5 Å². The summed E-state index contributed by atoms with van der Waals surface area (Å²) in [5, 5.41) is 11.1. The van der Waals surface area contributed by atoms with Gasteiger partial charge in [-0.2, -0.15) is 0 Å². The number of piperazine rings is 1. The van der Waals surface area contributed by atoms with Crippen LogP contribution in [-0.2, 0) is 17.7 Å². The van der Waals surface area contributed by atoms with E-state index in [-0.39, 0.29) is 0 Å². The second-order valence-electron chi connectivity index (χ2n) is 8.08. The Balaban J connectivity index is 1.24. The molecule has 6 heteroatoms. The highest BCUT2D eigenvalue weighted by molar-refractivity contribution is 6.30. The fourth-order valence-electron chi connectivity index (χ4n) is 3.88. The molecule has 1 heterocycles. The summed E-state index contributed by atoms with van der Waals surface area (Å²) in [4.78, 5) is 3.05. The molecule has 0 saturated carbocycles. The van der Waals surface area contributed by atoms with Crippen molar-refractivity contribution in [3.8, 4) is 5.75 Å². The lowest BCUT2D eigenvalue weighted by atomic mass is 10.2. The van der Waals surface area contributed by atoms with E-state index in [2.05, 4.69) is 31.2 Å². The molecule has 2 aromatic carbocycles. The van der Waals surface area contributed by atoms with Gasteiger partial charge >= 0.3 is 0 Å². The highest BCUT2D eigenvalue weighted by Gasteiger charge is 2.25. The second-order valence-corrected chi connectivity index (χ2v) is 8.52. The van der Waals surface area contributed by atoms with Gasteiger partial charge in [-0.3, -0.25) is 0 Å². The third kappa shape index (κ3) is 7.89. The molecule has 5 nitrogen and oxygen atoms in total. The molecule has 0 aromatic heterocycles. The first-order valence-corrected chi connectivity index (χ1v) is 11.4. The van der Waals surface area contributed by atoms with Crippen LogP contribution in [0.1, 0.15) is 18.1 Å². The van der Waals surface area contributed by atoms with Crippen LogP contribution >= 0.6 is 11.6 Å². The molecule has 1 saturated heterocycles. The van der Waals surface area contributed by atoms with Crippen molar-refractivity contribution in [3.63, 3.8) is 0 Å². The van der Waals surface area contributed by atoms with Crippen molar-refractivity contribution < 1.29 is 24.4 Å². The molecule has 164 valence electrons. The summed E-state index contributed by atoms with van der Waals surface area (Å²) in [5.41, 5.74) is 2.63. The van der Waals surface area contributed by atoms with Gasteiger partial charge in [-0.1, -0.05) is 42.8 Å². The highest BCUT2D eigenvalue weighted by Crippen LogP contribution is 2.12. The van der Waals surface area contributed by atoms with Gasteiger partial charge in [-0.15, -0.1) is 0 Å². The Morgan fingerprint density at radius 2 is 1.53 bits per heavy atom. The molecule has 0 spiro atoms. The molecule has 1 atom stereocenters. The number of hydrogen-bond donors (Lipinski definition) is 3. The standard InChI is InChI=1S/C24H33ClN2O3/c1-2-20-5-9-24(10-6-20)30-16-15-29-19-23(28)18-27-13-11-26(12-14-27)17-21-3-7-22(25)8-4-21/h3-10,23,28H,2,11-19H2,1H3/p+2/t23-/m0/s1. The largest absolute Gasteiger partial charge is 0.491 e. The van der Waals surface area contributed by atoms with Gasteiger partial charge in [0.05, 0.1) is 13.2 Å². The third-order valence-electron chi connectivity index (χ3n) is 5.69. The van der Waals surface area contributed by atoms with E-state index in [9.17, 15) is 5.11 Å². The van der Waals surface area contributed by atoms with Crippen LogP contribution in [0, 0.1) is 0 Å². The summed E-state index contributed by atoms with van der Waals surface area (Å²) in [6.07, 6.45) is 0.601. The predicted molar refractivity (Wildman–Crippen MR) is 120 cm³/mol. The third-order valence-corrected chi connectivity index (χ3v) is 5.95.